The summed E-state index contributed by atoms with van der Waals surface area (Å²) in [4.78, 5) is 0. The molecule has 0 saturated heterocycles. The SMILES string of the molecule is CCNC(c1cc2cccc(C)c2o1)C(OC)C(C)C. The van der Waals surface area contributed by atoms with Gasteiger partial charge in [0, 0.05) is 12.5 Å². The van der Waals surface area contributed by atoms with Gasteiger partial charge in [-0.25, -0.2) is 0 Å². The number of methoxy groups -OCH3 is 1. The molecule has 110 valence electrons. The Labute approximate surface area is 121 Å². The molecule has 1 aromatic carbocycles. The Morgan fingerprint density at radius 3 is 2.60 bits per heavy atom. The van der Waals surface area contributed by atoms with Crippen LogP contribution < -0.4 is 5.32 Å². The van der Waals surface area contributed by atoms with Crippen molar-refractivity contribution < 1.29 is 9.15 Å². The first kappa shape index (κ1) is 15.1. The molecular formula is C17H25NO2. The molecule has 2 atom stereocenters. The number of nitrogens with one attached hydrogen (secondary N) is 1. The molecule has 0 amide bonds. The molecule has 0 bridgehead atoms. The van der Waals surface area contributed by atoms with E-state index in [1.165, 1.54) is 5.56 Å². The molecule has 20 heavy (non-hydrogen) atoms. The number of para-hydroxylation sites is 1. The lowest BCUT2D eigenvalue weighted by Gasteiger charge is -2.28. The minimum Gasteiger partial charge on any atom is -0.459 e. The molecule has 0 aliphatic heterocycles. The average molecular weight is 275 g/mol. The lowest BCUT2D eigenvalue weighted by atomic mass is 9.97. The first-order valence-corrected chi connectivity index (χ1v) is 7.33. The second-order valence-corrected chi connectivity index (χ2v) is 5.62. The van der Waals surface area contributed by atoms with Crippen LogP contribution in [-0.2, 0) is 4.74 Å². The van der Waals surface area contributed by atoms with Gasteiger partial charge >= 0.3 is 0 Å². The summed E-state index contributed by atoms with van der Waals surface area (Å²) in [6.45, 7) is 9.41. The van der Waals surface area contributed by atoms with Crippen molar-refractivity contribution in [3.8, 4) is 0 Å². The van der Waals surface area contributed by atoms with Gasteiger partial charge in [-0.3, -0.25) is 0 Å². The molecule has 0 fully saturated rings. The van der Waals surface area contributed by atoms with Crippen LogP contribution in [0.5, 0.6) is 0 Å². The summed E-state index contributed by atoms with van der Waals surface area (Å²) in [5, 5.41) is 4.65. The highest BCUT2D eigenvalue weighted by Gasteiger charge is 2.28. The molecule has 1 N–H and O–H groups in total. The molecular weight excluding hydrogens is 250 g/mol. The second kappa shape index (κ2) is 6.42. The normalized spacial score (nSPS) is 14.9. The Balaban J connectivity index is 2.43. The second-order valence-electron chi connectivity index (χ2n) is 5.62. The number of furan rings is 1. The molecule has 2 rings (SSSR count). The molecule has 2 unspecified atom stereocenters. The van der Waals surface area contributed by atoms with Crippen LogP contribution in [0.15, 0.2) is 28.7 Å². The number of fused-ring (bicyclic) bond motifs is 1. The monoisotopic (exact) mass is 275 g/mol. The molecule has 3 heteroatoms. The van der Waals surface area contributed by atoms with E-state index in [0.717, 1.165) is 23.3 Å². The molecule has 0 aliphatic carbocycles. The smallest absolute Gasteiger partial charge is 0.137 e. The van der Waals surface area contributed by atoms with Crippen molar-refractivity contribution in [3.63, 3.8) is 0 Å². The zero-order chi connectivity index (χ0) is 14.7. The van der Waals surface area contributed by atoms with Gasteiger partial charge in [0.15, 0.2) is 0 Å². The quantitative estimate of drug-likeness (QED) is 0.863. The number of benzene rings is 1. The number of hydrogen-bond acceptors (Lipinski definition) is 3. The summed E-state index contributed by atoms with van der Waals surface area (Å²) >= 11 is 0. The van der Waals surface area contributed by atoms with Gasteiger partial charge in [0.1, 0.15) is 11.3 Å². The summed E-state index contributed by atoms with van der Waals surface area (Å²) in [7, 11) is 1.77. The first-order valence-electron chi connectivity index (χ1n) is 7.33. The molecule has 0 spiro atoms. The summed E-state index contributed by atoms with van der Waals surface area (Å²) < 4.78 is 11.8. The van der Waals surface area contributed by atoms with Gasteiger partial charge in [-0.2, -0.15) is 0 Å². The van der Waals surface area contributed by atoms with Crippen LogP contribution in [0.1, 0.15) is 38.1 Å². The van der Waals surface area contributed by atoms with E-state index in [4.69, 9.17) is 9.15 Å². The van der Waals surface area contributed by atoms with Crippen LogP contribution in [0, 0.1) is 12.8 Å². The zero-order valence-corrected chi connectivity index (χ0v) is 13.1. The maximum atomic E-state index is 6.10. The van der Waals surface area contributed by atoms with Gasteiger partial charge in [-0.15, -0.1) is 0 Å². The summed E-state index contributed by atoms with van der Waals surface area (Å²) in [6, 6.07) is 8.44. The van der Waals surface area contributed by atoms with E-state index < -0.39 is 0 Å². The van der Waals surface area contributed by atoms with Crippen molar-refractivity contribution in [2.24, 2.45) is 5.92 Å². The fourth-order valence-corrected chi connectivity index (χ4v) is 2.77. The summed E-state index contributed by atoms with van der Waals surface area (Å²) in [5.41, 5.74) is 2.14. The lowest BCUT2D eigenvalue weighted by molar-refractivity contribution is 0.0274. The minimum absolute atomic E-state index is 0.0804. The van der Waals surface area contributed by atoms with E-state index in [-0.39, 0.29) is 12.1 Å². The van der Waals surface area contributed by atoms with Crippen LogP contribution in [-0.4, -0.2) is 19.8 Å². The van der Waals surface area contributed by atoms with Crippen molar-refractivity contribution in [1.29, 1.82) is 0 Å². The van der Waals surface area contributed by atoms with E-state index >= 15 is 0 Å². The van der Waals surface area contributed by atoms with Crippen molar-refractivity contribution in [1.82, 2.24) is 5.32 Å². The van der Waals surface area contributed by atoms with Gasteiger partial charge in [-0.1, -0.05) is 39.0 Å². The van der Waals surface area contributed by atoms with Crippen LogP contribution in [0.25, 0.3) is 11.0 Å². The van der Waals surface area contributed by atoms with Crippen molar-refractivity contribution in [3.05, 3.63) is 35.6 Å². The topological polar surface area (TPSA) is 34.4 Å². The van der Waals surface area contributed by atoms with Gasteiger partial charge in [0.25, 0.3) is 0 Å². The van der Waals surface area contributed by atoms with E-state index in [9.17, 15) is 0 Å². The number of hydrogen-bond donors (Lipinski definition) is 1. The van der Waals surface area contributed by atoms with E-state index in [1.54, 1.807) is 7.11 Å². The summed E-state index contributed by atoms with van der Waals surface area (Å²) in [5.74, 6) is 1.37. The van der Waals surface area contributed by atoms with Crippen LogP contribution in [0.2, 0.25) is 0 Å². The van der Waals surface area contributed by atoms with Crippen molar-refractivity contribution >= 4 is 11.0 Å². The largest absolute Gasteiger partial charge is 0.459 e. The Hall–Kier alpha value is -1.32. The summed E-state index contributed by atoms with van der Waals surface area (Å²) in [6.07, 6.45) is 0.0934. The third-order valence-electron chi connectivity index (χ3n) is 3.75. The molecule has 0 aliphatic rings. The van der Waals surface area contributed by atoms with E-state index in [0.29, 0.717) is 5.92 Å². The molecule has 1 heterocycles. The Kier molecular flexibility index (Phi) is 4.84. The third-order valence-corrected chi connectivity index (χ3v) is 3.75. The van der Waals surface area contributed by atoms with Gasteiger partial charge in [0.05, 0.1) is 12.1 Å². The predicted molar refractivity (Wildman–Crippen MR) is 83.0 cm³/mol. The highest BCUT2D eigenvalue weighted by atomic mass is 16.5. The fourth-order valence-electron chi connectivity index (χ4n) is 2.77. The van der Waals surface area contributed by atoms with E-state index in [1.807, 2.05) is 0 Å². The molecule has 2 aromatic rings. The van der Waals surface area contributed by atoms with E-state index in [2.05, 4.69) is 57.3 Å². The van der Waals surface area contributed by atoms with Crippen molar-refractivity contribution in [2.45, 2.75) is 39.8 Å². The Bertz CT molecular complexity index is 559. The highest BCUT2D eigenvalue weighted by Crippen LogP contribution is 2.30. The first-order chi connectivity index (χ1) is 9.58. The lowest BCUT2D eigenvalue weighted by Crippen LogP contribution is -2.36. The van der Waals surface area contributed by atoms with Gasteiger partial charge < -0.3 is 14.5 Å². The average Bonchev–Trinajstić information content (AvgIpc) is 2.83. The Morgan fingerprint density at radius 1 is 1.30 bits per heavy atom. The molecule has 1 aromatic heterocycles. The Morgan fingerprint density at radius 2 is 2.05 bits per heavy atom. The van der Waals surface area contributed by atoms with Crippen molar-refractivity contribution in [2.75, 3.05) is 13.7 Å². The number of ether oxygens (including phenoxy) is 1. The minimum atomic E-state index is 0.0804. The number of aryl methyl sites for hydroxylation is 1. The molecule has 0 radical (unpaired) electrons. The standard InChI is InChI=1S/C17H25NO2/c1-6-18-15(16(19-5)11(2)3)14-10-13-9-7-8-12(4)17(13)20-14/h7-11,15-16,18H,6H2,1-5H3. The zero-order valence-electron chi connectivity index (χ0n) is 13.1. The number of rotatable bonds is 6. The fraction of sp³-hybridized carbons (Fsp3) is 0.529. The van der Waals surface area contributed by atoms with Crippen LogP contribution in [0.3, 0.4) is 0 Å². The third kappa shape index (κ3) is 2.89. The highest BCUT2D eigenvalue weighted by molar-refractivity contribution is 5.81. The van der Waals surface area contributed by atoms with Crippen LogP contribution >= 0.6 is 0 Å². The van der Waals surface area contributed by atoms with Crippen LogP contribution in [0.4, 0.5) is 0 Å². The maximum absolute atomic E-state index is 6.10. The van der Waals surface area contributed by atoms with Gasteiger partial charge in [0.2, 0.25) is 0 Å². The van der Waals surface area contributed by atoms with Gasteiger partial charge in [-0.05, 0) is 31.0 Å². The molecule has 3 nitrogen and oxygen atoms in total. The maximum Gasteiger partial charge on any atom is 0.137 e. The molecule has 0 saturated carbocycles. The predicted octanol–water partition coefficient (Wildman–Crippen LogP) is 4.06. The number of likely N-dealkylation sites (N-methyl/N-ethyl adjacent to an activating group) is 1.